The Morgan fingerprint density at radius 3 is 2.90 bits per heavy atom. The van der Waals surface area contributed by atoms with Gasteiger partial charge < -0.3 is 15.8 Å². The van der Waals surface area contributed by atoms with Gasteiger partial charge >= 0.3 is 6.09 Å². The van der Waals surface area contributed by atoms with Crippen LogP contribution in [0.25, 0.3) is 0 Å². The van der Waals surface area contributed by atoms with E-state index in [1.54, 1.807) is 6.07 Å². The standard InChI is InChI=1S/C13H14ClFN2O3/c14-9-2-1-3-10(15)11(9)7-6-8(7)12(18)17-4-5-20-13(16)19/h1-3,7-8H,4-6H2,(H2,16,19)(H,17,18)/t7-,8-/m1/s1. The van der Waals surface area contributed by atoms with Crippen LogP contribution in [0.1, 0.15) is 17.9 Å². The summed E-state index contributed by atoms with van der Waals surface area (Å²) in [7, 11) is 0. The second kappa shape index (κ2) is 6.09. The molecule has 5 nitrogen and oxygen atoms in total. The molecule has 0 saturated heterocycles. The Bertz CT molecular complexity index is 518. The lowest BCUT2D eigenvalue weighted by molar-refractivity contribution is -0.122. The van der Waals surface area contributed by atoms with E-state index in [0.717, 1.165) is 0 Å². The molecule has 1 aliphatic carbocycles. The number of halogens is 2. The van der Waals surface area contributed by atoms with Crippen LogP contribution < -0.4 is 11.1 Å². The van der Waals surface area contributed by atoms with Gasteiger partial charge in [0.15, 0.2) is 0 Å². The lowest BCUT2D eigenvalue weighted by Gasteiger charge is -2.06. The molecule has 1 aromatic carbocycles. The number of nitrogens with one attached hydrogen (secondary N) is 1. The first kappa shape index (κ1) is 14.6. The number of hydrogen-bond acceptors (Lipinski definition) is 3. The fraction of sp³-hybridized carbons (Fsp3) is 0.385. The zero-order chi connectivity index (χ0) is 14.7. The zero-order valence-corrected chi connectivity index (χ0v) is 11.3. The van der Waals surface area contributed by atoms with Gasteiger partial charge in [-0.15, -0.1) is 0 Å². The fourth-order valence-electron chi connectivity index (χ4n) is 2.13. The summed E-state index contributed by atoms with van der Waals surface area (Å²) in [4.78, 5) is 22.1. The van der Waals surface area contributed by atoms with Crippen LogP contribution in [0.3, 0.4) is 0 Å². The Kier molecular flexibility index (Phi) is 4.44. The van der Waals surface area contributed by atoms with Crippen molar-refractivity contribution >= 4 is 23.6 Å². The Morgan fingerprint density at radius 1 is 1.50 bits per heavy atom. The first-order valence-corrected chi connectivity index (χ1v) is 6.52. The molecular weight excluding hydrogens is 287 g/mol. The number of ether oxygens (including phenoxy) is 1. The molecule has 2 atom stereocenters. The third-order valence-corrected chi connectivity index (χ3v) is 3.47. The summed E-state index contributed by atoms with van der Waals surface area (Å²) in [5.74, 6) is -1.09. The highest BCUT2D eigenvalue weighted by atomic mass is 35.5. The lowest BCUT2D eigenvalue weighted by Crippen LogP contribution is -2.30. The highest BCUT2D eigenvalue weighted by molar-refractivity contribution is 6.31. The number of carbonyl (C=O) groups excluding carboxylic acids is 2. The first-order chi connectivity index (χ1) is 9.50. The Balaban J connectivity index is 1.85. The van der Waals surface area contributed by atoms with Gasteiger partial charge in [-0.3, -0.25) is 4.79 Å². The van der Waals surface area contributed by atoms with Gasteiger partial charge in [-0.25, -0.2) is 9.18 Å². The highest BCUT2D eigenvalue weighted by Gasteiger charge is 2.46. The summed E-state index contributed by atoms with van der Waals surface area (Å²) in [5, 5.41) is 2.94. The minimum atomic E-state index is -0.887. The molecule has 20 heavy (non-hydrogen) atoms. The molecule has 108 valence electrons. The fourth-order valence-corrected chi connectivity index (χ4v) is 2.43. The molecule has 7 heteroatoms. The average Bonchev–Trinajstić information content (AvgIpc) is 3.14. The molecule has 0 radical (unpaired) electrons. The van der Waals surface area contributed by atoms with Crippen LogP contribution in [0.4, 0.5) is 9.18 Å². The number of amides is 2. The van der Waals surface area contributed by atoms with E-state index >= 15 is 0 Å². The molecule has 2 amide bonds. The molecule has 0 aromatic heterocycles. The second-order valence-electron chi connectivity index (χ2n) is 4.54. The quantitative estimate of drug-likeness (QED) is 0.814. The summed E-state index contributed by atoms with van der Waals surface area (Å²) < 4.78 is 18.2. The second-order valence-corrected chi connectivity index (χ2v) is 4.95. The lowest BCUT2D eigenvalue weighted by atomic mass is 10.1. The van der Waals surface area contributed by atoms with E-state index in [1.807, 2.05) is 0 Å². The van der Waals surface area contributed by atoms with Gasteiger partial charge in [0.2, 0.25) is 5.91 Å². The van der Waals surface area contributed by atoms with Crippen molar-refractivity contribution in [1.29, 1.82) is 0 Å². The van der Waals surface area contributed by atoms with Crippen LogP contribution in [0.15, 0.2) is 18.2 Å². The predicted octanol–water partition coefficient (Wildman–Crippen LogP) is 1.79. The van der Waals surface area contributed by atoms with Crippen molar-refractivity contribution in [2.45, 2.75) is 12.3 Å². The predicted molar refractivity (Wildman–Crippen MR) is 70.8 cm³/mol. The first-order valence-electron chi connectivity index (χ1n) is 6.14. The molecule has 3 N–H and O–H groups in total. The van der Waals surface area contributed by atoms with Crippen molar-refractivity contribution in [3.05, 3.63) is 34.6 Å². The highest BCUT2D eigenvalue weighted by Crippen LogP contribution is 2.50. The minimum absolute atomic E-state index is 0.0128. The van der Waals surface area contributed by atoms with Crippen LogP contribution in [-0.2, 0) is 9.53 Å². The van der Waals surface area contributed by atoms with E-state index < -0.39 is 11.9 Å². The largest absolute Gasteiger partial charge is 0.448 e. The van der Waals surface area contributed by atoms with Crippen molar-refractivity contribution in [3.63, 3.8) is 0 Å². The zero-order valence-electron chi connectivity index (χ0n) is 10.6. The van der Waals surface area contributed by atoms with Crippen LogP contribution in [-0.4, -0.2) is 25.2 Å². The number of rotatable bonds is 5. The van der Waals surface area contributed by atoms with E-state index in [9.17, 15) is 14.0 Å². The Morgan fingerprint density at radius 2 is 2.25 bits per heavy atom. The normalized spacial score (nSPS) is 20.3. The molecule has 1 fully saturated rings. The van der Waals surface area contributed by atoms with Gasteiger partial charge in [-0.05, 0) is 18.6 Å². The van der Waals surface area contributed by atoms with E-state index in [1.165, 1.54) is 12.1 Å². The van der Waals surface area contributed by atoms with E-state index in [-0.39, 0.29) is 30.9 Å². The maximum Gasteiger partial charge on any atom is 0.404 e. The molecule has 0 bridgehead atoms. The van der Waals surface area contributed by atoms with Gasteiger partial charge in [0.1, 0.15) is 12.4 Å². The monoisotopic (exact) mass is 300 g/mol. The number of primary amides is 1. The minimum Gasteiger partial charge on any atom is -0.448 e. The number of nitrogens with two attached hydrogens (primary N) is 1. The van der Waals surface area contributed by atoms with Crippen LogP contribution in [0.5, 0.6) is 0 Å². The van der Waals surface area contributed by atoms with Gasteiger partial charge in [0.25, 0.3) is 0 Å². The van der Waals surface area contributed by atoms with Crippen LogP contribution >= 0.6 is 11.6 Å². The summed E-state index contributed by atoms with van der Waals surface area (Å²) in [6.07, 6.45) is -0.329. The summed E-state index contributed by atoms with van der Waals surface area (Å²) >= 11 is 5.95. The van der Waals surface area contributed by atoms with E-state index in [2.05, 4.69) is 10.1 Å². The van der Waals surface area contributed by atoms with Crippen LogP contribution in [0.2, 0.25) is 5.02 Å². The third kappa shape index (κ3) is 3.39. The average molecular weight is 301 g/mol. The number of benzene rings is 1. The van der Waals surface area contributed by atoms with Crippen molar-refractivity contribution in [1.82, 2.24) is 5.32 Å². The SMILES string of the molecule is NC(=O)OCCNC(=O)[C@@H]1C[C@H]1c1c(F)cccc1Cl. The van der Waals surface area contributed by atoms with Crippen LogP contribution in [0, 0.1) is 11.7 Å². The molecule has 0 heterocycles. The Hall–Kier alpha value is -1.82. The van der Waals surface area contributed by atoms with Crippen molar-refractivity contribution in [2.24, 2.45) is 11.7 Å². The smallest absolute Gasteiger partial charge is 0.404 e. The molecule has 2 rings (SSSR count). The molecule has 0 spiro atoms. The van der Waals surface area contributed by atoms with Gasteiger partial charge in [0, 0.05) is 22.4 Å². The molecule has 1 aliphatic rings. The number of carbonyl (C=O) groups is 2. The Labute approximate surface area is 120 Å². The molecule has 1 aromatic rings. The number of hydrogen-bond donors (Lipinski definition) is 2. The van der Waals surface area contributed by atoms with Gasteiger partial charge in [-0.1, -0.05) is 17.7 Å². The topological polar surface area (TPSA) is 81.4 Å². The van der Waals surface area contributed by atoms with E-state index in [4.69, 9.17) is 17.3 Å². The maximum atomic E-state index is 13.7. The van der Waals surface area contributed by atoms with Gasteiger partial charge in [0.05, 0.1) is 6.54 Å². The summed E-state index contributed by atoms with van der Waals surface area (Å²) in [5.41, 5.74) is 5.17. The van der Waals surface area contributed by atoms with Crippen molar-refractivity contribution in [3.8, 4) is 0 Å². The molecular formula is C13H14ClFN2O3. The van der Waals surface area contributed by atoms with Crippen molar-refractivity contribution < 1.29 is 18.7 Å². The van der Waals surface area contributed by atoms with Gasteiger partial charge in [-0.2, -0.15) is 0 Å². The molecule has 0 unspecified atom stereocenters. The third-order valence-electron chi connectivity index (χ3n) is 3.14. The van der Waals surface area contributed by atoms with Crippen molar-refractivity contribution in [2.75, 3.05) is 13.2 Å². The maximum absolute atomic E-state index is 13.7. The summed E-state index contributed by atoms with van der Waals surface area (Å²) in [6, 6.07) is 4.46. The molecule has 0 aliphatic heterocycles. The summed E-state index contributed by atoms with van der Waals surface area (Å²) in [6.45, 7) is 0.189. The van der Waals surface area contributed by atoms with E-state index in [0.29, 0.717) is 17.0 Å². The molecule has 1 saturated carbocycles.